The summed E-state index contributed by atoms with van der Waals surface area (Å²) in [4.78, 5) is 27.6. The molecular weight excluding hydrogens is 286 g/mol. The highest BCUT2D eigenvalue weighted by atomic mass is 32.2. The zero-order valence-corrected chi connectivity index (χ0v) is 12.3. The van der Waals surface area contributed by atoms with Gasteiger partial charge in [-0.05, 0) is 36.4 Å². The van der Waals surface area contributed by atoms with Crippen molar-refractivity contribution in [3.8, 4) is 0 Å². The van der Waals surface area contributed by atoms with E-state index in [2.05, 4.69) is 15.6 Å². The Balaban J connectivity index is 1.82. The summed E-state index contributed by atoms with van der Waals surface area (Å²) in [7, 11) is 0. The summed E-state index contributed by atoms with van der Waals surface area (Å²) < 4.78 is 0. The Labute approximate surface area is 127 Å². The summed E-state index contributed by atoms with van der Waals surface area (Å²) in [5.74, 6) is 0.124. The average Bonchev–Trinajstić information content (AvgIpc) is 2.47. The quantitative estimate of drug-likeness (QED) is 0.833. The number of benzene rings is 1. The van der Waals surface area contributed by atoms with Gasteiger partial charge in [0.15, 0.2) is 0 Å². The zero-order chi connectivity index (χ0) is 15.1. The van der Waals surface area contributed by atoms with E-state index in [1.165, 1.54) is 18.7 Å². The smallest absolute Gasteiger partial charge is 0.234 e. The summed E-state index contributed by atoms with van der Waals surface area (Å²) in [6, 6.07) is 10.9. The van der Waals surface area contributed by atoms with E-state index in [1.54, 1.807) is 24.5 Å². The Morgan fingerprint density at radius 2 is 1.86 bits per heavy atom. The third-order valence-corrected chi connectivity index (χ3v) is 3.50. The highest BCUT2D eigenvalue weighted by Crippen LogP contribution is 2.20. The maximum absolute atomic E-state index is 11.8. The first-order valence-corrected chi connectivity index (χ1v) is 7.32. The van der Waals surface area contributed by atoms with Gasteiger partial charge in [-0.2, -0.15) is 0 Å². The van der Waals surface area contributed by atoms with Crippen molar-refractivity contribution in [2.75, 3.05) is 16.4 Å². The molecule has 0 aliphatic heterocycles. The molecule has 0 spiro atoms. The molecule has 5 nitrogen and oxygen atoms in total. The molecule has 0 radical (unpaired) electrons. The number of pyridine rings is 1. The van der Waals surface area contributed by atoms with Gasteiger partial charge in [-0.15, -0.1) is 11.8 Å². The van der Waals surface area contributed by atoms with Gasteiger partial charge in [0.1, 0.15) is 0 Å². The van der Waals surface area contributed by atoms with Gasteiger partial charge in [-0.1, -0.05) is 0 Å². The van der Waals surface area contributed by atoms with Gasteiger partial charge in [-0.25, -0.2) is 0 Å². The van der Waals surface area contributed by atoms with E-state index in [-0.39, 0.29) is 11.8 Å². The predicted octanol–water partition coefficient (Wildman–Crippen LogP) is 2.77. The fraction of sp³-hybridized carbons (Fsp3) is 0.133. The Hall–Kier alpha value is -2.34. The molecule has 108 valence electrons. The molecule has 2 aromatic rings. The van der Waals surface area contributed by atoms with Crippen LogP contribution in [-0.4, -0.2) is 22.6 Å². The standard InChI is InChI=1S/C15H15N3O2S/c1-11(19)17-12-4-6-14(7-5-12)21-10-15(20)18-13-3-2-8-16-9-13/h2-9H,10H2,1H3,(H,17,19)(H,18,20). The van der Waals surface area contributed by atoms with Crippen molar-refractivity contribution in [3.63, 3.8) is 0 Å². The number of thioether (sulfide) groups is 1. The molecule has 0 aliphatic carbocycles. The third-order valence-electron chi connectivity index (χ3n) is 2.49. The number of amides is 2. The van der Waals surface area contributed by atoms with Gasteiger partial charge in [0, 0.05) is 23.7 Å². The lowest BCUT2D eigenvalue weighted by Crippen LogP contribution is -2.13. The van der Waals surface area contributed by atoms with E-state index in [9.17, 15) is 9.59 Å². The first kappa shape index (κ1) is 15.1. The molecule has 0 fully saturated rings. The predicted molar refractivity (Wildman–Crippen MR) is 84.3 cm³/mol. The van der Waals surface area contributed by atoms with Crippen LogP contribution in [0.3, 0.4) is 0 Å². The monoisotopic (exact) mass is 301 g/mol. The van der Waals surface area contributed by atoms with Gasteiger partial charge in [0.2, 0.25) is 11.8 Å². The summed E-state index contributed by atoms with van der Waals surface area (Å²) in [5.41, 5.74) is 1.43. The lowest BCUT2D eigenvalue weighted by atomic mass is 10.3. The number of hydrogen-bond donors (Lipinski definition) is 2. The number of hydrogen-bond acceptors (Lipinski definition) is 4. The van der Waals surface area contributed by atoms with Crippen LogP contribution in [0.5, 0.6) is 0 Å². The minimum atomic E-state index is -0.105. The largest absolute Gasteiger partial charge is 0.326 e. The molecular formula is C15H15N3O2S. The highest BCUT2D eigenvalue weighted by molar-refractivity contribution is 8.00. The summed E-state index contributed by atoms with van der Waals surface area (Å²) in [6.45, 7) is 1.46. The molecule has 0 unspecified atom stereocenters. The molecule has 2 rings (SSSR count). The second-order valence-corrected chi connectivity index (χ2v) is 5.33. The lowest BCUT2D eigenvalue weighted by Gasteiger charge is -2.06. The maximum Gasteiger partial charge on any atom is 0.234 e. The number of aromatic nitrogens is 1. The van der Waals surface area contributed by atoms with Crippen LogP contribution in [0.4, 0.5) is 11.4 Å². The minimum absolute atomic E-state index is 0.0843. The maximum atomic E-state index is 11.8. The van der Waals surface area contributed by atoms with Crippen LogP contribution in [0, 0.1) is 0 Å². The van der Waals surface area contributed by atoms with Crippen molar-refractivity contribution in [2.24, 2.45) is 0 Å². The molecule has 21 heavy (non-hydrogen) atoms. The van der Waals surface area contributed by atoms with Crippen LogP contribution in [0.2, 0.25) is 0 Å². The van der Waals surface area contributed by atoms with Crippen LogP contribution in [-0.2, 0) is 9.59 Å². The number of nitrogens with one attached hydrogen (secondary N) is 2. The highest BCUT2D eigenvalue weighted by Gasteiger charge is 2.04. The number of rotatable bonds is 5. The molecule has 0 atom stereocenters. The molecule has 1 heterocycles. The Bertz CT molecular complexity index is 615. The Morgan fingerprint density at radius 1 is 1.10 bits per heavy atom. The molecule has 6 heteroatoms. The lowest BCUT2D eigenvalue weighted by molar-refractivity contribution is -0.114. The zero-order valence-electron chi connectivity index (χ0n) is 11.5. The van der Waals surface area contributed by atoms with E-state index in [0.29, 0.717) is 11.4 Å². The van der Waals surface area contributed by atoms with Gasteiger partial charge < -0.3 is 10.6 Å². The van der Waals surface area contributed by atoms with Gasteiger partial charge in [0.25, 0.3) is 0 Å². The summed E-state index contributed by atoms with van der Waals surface area (Å²) >= 11 is 1.43. The molecule has 1 aromatic heterocycles. The van der Waals surface area contributed by atoms with Crippen LogP contribution >= 0.6 is 11.8 Å². The second kappa shape index (κ2) is 7.44. The molecule has 2 N–H and O–H groups in total. The molecule has 0 saturated carbocycles. The number of anilines is 2. The number of nitrogens with zero attached hydrogens (tertiary/aromatic N) is 1. The van der Waals surface area contributed by atoms with E-state index >= 15 is 0 Å². The SMILES string of the molecule is CC(=O)Nc1ccc(SCC(=O)Nc2cccnc2)cc1. The van der Waals surface area contributed by atoms with Crippen LogP contribution < -0.4 is 10.6 Å². The molecule has 2 amide bonds. The van der Waals surface area contributed by atoms with Gasteiger partial charge in [0.05, 0.1) is 17.6 Å². The second-order valence-electron chi connectivity index (χ2n) is 4.28. The number of carbonyl (C=O) groups is 2. The minimum Gasteiger partial charge on any atom is -0.326 e. The van der Waals surface area contributed by atoms with E-state index in [1.807, 2.05) is 24.3 Å². The Morgan fingerprint density at radius 3 is 2.48 bits per heavy atom. The van der Waals surface area contributed by atoms with Gasteiger partial charge >= 0.3 is 0 Å². The van der Waals surface area contributed by atoms with E-state index < -0.39 is 0 Å². The summed E-state index contributed by atoms with van der Waals surface area (Å²) in [6.07, 6.45) is 3.26. The van der Waals surface area contributed by atoms with Crippen molar-refractivity contribution >= 4 is 35.0 Å². The van der Waals surface area contributed by atoms with Crippen molar-refractivity contribution in [1.29, 1.82) is 0 Å². The normalized spacial score (nSPS) is 9.95. The molecule has 0 saturated heterocycles. The topological polar surface area (TPSA) is 71.1 Å². The van der Waals surface area contributed by atoms with Crippen molar-refractivity contribution < 1.29 is 9.59 Å². The van der Waals surface area contributed by atoms with Crippen LogP contribution in [0.1, 0.15) is 6.92 Å². The van der Waals surface area contributed by atoms with Crippen molar-refractivity contribution in [3.05, 3.63) is 48.8 Å². The molecule has 0 bridgehead atoms. The average molecular weight is 301 g/mol. The van der Waals surface area contributed by atoms with E-state index in [0.717, 1.165) is 10.6 Å². The summed E-state index contributed by atoms with van der Waals surface area (Å²) in [5, 5.41) is 5.47. The molecule has 1 aromatic carbocycles. The van der Waals surface area contributed by atoms with Crippen molar-refractivity contribution in [1.82, 2.24) is 4.98 Å². The van der Waals surface area contributed by atoms with Gasteiger partial charge in [-0.3, -0.25) is 14.6 Å². The third kappa shape index (κ3) is 5.27. The first-order valence-electron chi connectivity index (χ1n) is 6.34. The van der Waals surface area contributed by atoms with E-state index in [4.69, 9.17) is 0 Å². The Kier molecular flexibility index (Phi) is 5.34. The van der Waals surface area contributed by atoms with Crippen LogP contribution in [0.25, 0.3) is 0 Å². The van der Waals surface area contributed by atoms with Crippen molar-refractivity contribution in [2.45, 2.75) is 11.8 Å². The number of carbonyl (C=O) groups excluding carboxylic acids is 2. The first-order chi connectivity index (χ1) is 10.1. The van der Waals surface area contributed by atoms with Crippen LogP contribution in [0.15, 0.2) is 53.7 Å². The molecule has 0 aliphatic rings. The fourth-order valence-electron chi connectivity index (χ4n) is 1.62. The fourth-order valence-corrected chi connectivity index (χ4v) is 2.32.